The standard InChI is InChI=1S/C16H14ClN5OS2/c1-6-7(2)24-15-11(6)14(23)20-12(21-15)8(3)25-16-19-10-4-9(17)5-18-13(10)22-16/h4-5,8H,1-3H3,(H,18,19,22)(H,20,21,23)/t8-/m1/s1. The normalized spacial score (nSPS) is 13.0. The van der Waals surface area contributed by atoms with Gasteiger partial charge in [0.15, 0.2) is 10.8 Å². The summed E-state index contributed by atoms with van der Waals surface area (Å²) in [6, 6.07) is 1.79. The summed E-state index contributed by atoms with van der Waals surface area (Å²) in [4.78, 5) is 33.7. The number of imidazole rings is 1. The van der Waals surface area contributed by atoms with Crippen molar-refractivity contribution in [2.45, 2.75) is 31.2 Å². The van der Waals surface area contributed by atoms with Crippen molar-refractivity contribution in [2.75, 3.05) is 0 Å². The maximum atomic E-state index is 12.4. The molecule has 4 aromatic rings. The zero-order valence-electron chi connectivity index (χ0n) is 13.7. The summed E-state index contributed by atoms with van der Waals surface area (Å²) >= 11 is 8.98. The Morgan fingerprint density at radius 3 is 2.88 bits per heavy atom. The number of rotatable bonds is 3. The fraction of sp³-hybridized carbons (Fsp3) is 0.250. The second-order valence-electron chi connectivity index (χ2n) is 5.74. The molecule has 4 heterocycles. The third kappa shape index (κ3) is 2.94. The van der Waals surface area contributed by atoms with Crippen LogP contribution < -0.4 is 5.56 Å². The Labute approximate surface area is 156 Å². The van der Waals surface area contributed by atoms with E-state index < -0.39 is 0 Å². The average Bonchev–Trinajstić information content (AvgIpc) is 3.07. The molecule has 0 aliphatic carbocycles. The zero-order chi connectivity index (χ0) is 17.7. The van der Waals surface area contributed by atoms with Crippen LogP contribution in [0.5, 0.6) is 0 Å². The quantitative estimate of drug-likeness (QED) is 0.506. The Morgan fingerprint density at radius 1 is 1.28 bits per heavy atom. The van der Waals surface area contributed by atoms with Crippen LogP contribution in [0.4, 0.5) is 0 Å². The maximum absolute atomic E-state index is 12.4. The van der Waals surface area contributed by atoms with Crippen LogP contribution in [0.25, 0.3) is 21.4 Å². The van der Waals surface area contributed by atoms with Gasteiger partial charge in [-0.05, 0) is 32.4 Å². The second kappa shape index (κ2) is 6.12. The molecule has 0 radical (unpaired) electrons. The molecule has 4 rings (SSSR count). The third-order valence-electron chi connectivity index (χ3n) is 4.01. The molecule has 25 heavy (non-hydrogen) atoms. The first-order valence-electron chi connectivity index (χ1n) is 7.60. The smallest absolute Gasteiger partial charge is 0.259 e. The minimum atomic E-state index is -0.0904. The molecule has 0 saturated heterocycles. The van der Waals surface area contributed by atoms with E-state index in [1.54, 1.807) is 23.6 Å². The van der Waals surface area contributed by atoms with Crippen molar-refractivity contribution in [3.8, 4) is 0 Å². The van der Waals surface area contributed by atoms with E-state index in [1.165, 1.54) is 11.8 Å². The molecule has 0 spiro atoms. The predicted molar refractivity (Wildman–Crippen MR) is 103 cm³/mol. The van der Waals surface area contributed by atoms with Crippen LogP contribution in [0.2, 0.25) is 5.02 Å². The number of fused-ring (bicyclic) bond motifs is 2. The fourth-order valence-corrected chi connectivity index (χ4v) is 4.66. The van der Waals surface area contributed by atoms with Gasteiger partial charge >= 0.3 is 0 Å². The van der Waals surface area contributed by atoms with Gasteiger partial charge in [0.05, 0.1) is 21.2 Å². The first-order valence-corrected chi connectivity index (χ1v) is 9.67. The third-order valence-corrected chi connectivity index (χ3v) is 6.31. The number of halogens is 1. The van der Waals surface area contributed by atoms with E-state index in [-0.39, 0.29) is 10.8 Å². The largest absolute Gasteiger partial charge is 0.331 e. The van der Waals surface area contributed by atoms with Crippen molar-refractivity contribution in [3.05, 3.63) is 43.9 Å². The topological polar surface area (TPSA) is 87.3 Å². The van der Waals surface area contributed by atoms with Crippen molar-refractivity contribution in [2.24, 2.45) is 0 Å². The van der Waals surface area contributed by atoms with Crippen molar-refractivity contribution in [1.29, 1.82) is 0 Å². The predicted octanol–water partition coefficient (Wildman–Crippen LogP) is 4.38. The van der Waals surface area contributed by atoms with E-state index >= 15 is 0 Å². The number of pyridine rings is 1. The van der Waals surface area contributed by atoms with Crippen LogP contribution in [0.3, 0.4) is 0 Å². The van der Waals surface area contributed by atoms with Crippen molar-refractivity contribution >= 4 is 56.1 Å². The monoisotopic (exact) mass is 391 g/mol. The Hall–Kier alpha value is -1.90. The molecule has 2 N–H and O–H groups in total. The molecule has 0 bridgehead atoms. The lowest BCUT2D eigenvalue weighted by Gasteiger charge is -2.08. The van der Waals surface area contributed by atoms with Gasteiger partial charge in [-0.1, -0.05) is 23.4 Å². The van der Waals surface area contributed by atoms with Crippen molar-refractivity contribution < 1.29 is 0 Å². The van der Waals surface area contributed by atoms with E-state index in [0.717, 1.165) is 20.8 Å². The number of nitrogens with zero attached hydrogens (tertiary/aromatic N) is 3. The summed E-state index contributed by atoms with van der Waals surface area (Å²) in [7, 11) is 0. The first kappa shape index (κ1) is 16.6. The Morgan fingerprint density at radius 2 is 2.08 bits per heavy atom. The van der Waals surface area contributed by atoms with Crippen LogP contribution in [0, 0.1) is 13.8 Å². The van der Waals surface area contributed by atoms with Gasteiger partial charge in [-0.25, -0.2) is 15.0 Å². The number of thioether (sulfide) groups is 1. The molecule has 0 aliphatic rings. The molecule has 128 valence electrons. The van der Waals surface area contributed by atoms with Crippen LogP contribution in [-0.2, 0) is 0 Å². The van der Waals surface area contributed by atoms with Gasteiger partial charge in [0.1, 0.15) is 10.7 Å². The number of aromatic amines is 2. The second-order valence-corrected chi connectivity index (χ2v) is 8.71. The van der Waals surface area contributed by atoms with Crippen LogP contribution in [0.15, 0.2) is 22.2 Å². The number of aryl methyl sites for hydroxylation is 2. The molecule has 6 nitrogen and oxygen atoms in total. The molecule has 0 amide bonds. The van der Waals surface area contributed by atoms with Crippen molar-refractivity contribution in [3.63, 3.8) is 0 Å². The highest BCUT2D eigenvalue weighted by molar-refractivity contribution is 7.99. The lowest BCUT2D eigenvalue weighted by atomic mass is 10.2. The molecule has 0 saturated carbocycles. The van der Waals surface area contributed by atoms with Gasteiger partial charge in [0, 0.05) is 11.1 Å². The van der Waals surface area contributed by atoms with E-state index in [1.807, 2.05) is 20.8 Å². The number of H-pyrrole nitrogens is 2. The van der Waals surface area contributed by atoms with E-state index in [0.29, 0.717) is 27.0 Å². The molecule has 0 aromatic carbocycles. The number of nitrogens with one attached hydrogen (secondary N) is 2. The summed E-state index contributed by atoms with van der Waals surface area (Å²) < 4.78 is 0. The molecule has 0 fully saturated rings. The minimum absolute atomic E-state index is 0.0733. The fourth-order valence-electron chi connectivity index (χ4n) is 2.60. The van der Waals surface area contributed by atoms with Gasteiger partial charge in [0.25, 0.3) is 5.56 Å². The summed E-state index contributed by atoms with van der Waals surface area (Å²) in [5.74, 6) is 0.634. The minimum Gasteiger partial charge on any atom is -0.331 e. The van der Waals surface area contributed by atoms with Gasteiger partial charge in [0.2, 0.25) is 0 Å². The highest BCUT2D eigenvalue weighted by Gasteiger charge is 2.17. The Balaban J connectivity index is 1.69. The average molecular weight is 392 g/mol. The molecular weight excluding hydrogens is 378 g/mol. The lowest BCUT2D eigenvalue weighted by molar-refractivity contribution is 0.916. The number of hydrogen-bond acceptors (Lipinski definition) is 6. The van der Waals surface area contributed by atoms with Gasteiger partial charge in [-0.15, -0.1) is 11.3 Å². The highest BCUT2D eigenvalue weighted by Crippen LogP contribution is 2.33. The maximum Gasteiger partial charge on any atom is 0.259 e. The zero-order valence-corrected chi connectivity index (χ0v) is 16.1. The first-order chi connectivity index (χ1) is 11.9. The summed E-state index contributed by atoms with van der Waals surface area (Å²) in [6.07, 6.45) is 1.57. The molecule has 0 unspecified atom stereocenters. The van der Waals surface area contributed by atoms with Crippen LogP contribution in [0.1, 0.15) is 28.4 Å². The molecule has 4 aromatic heterocycles. The molecule has 9 heteroatoms. The number of hydrogen-bond donors (Lipinski definition) is 2. The van der Waals surface area contributed by atoms with E-state index in [4.69, 9.17) is 11.6 Å². The SMILES string of the molecule is Cc1sc2nc([C@@H](C)Sc3nc4ncc(Cl)cc4[nH]3)[nH]c(=O)c2c1C. The highest BCUT2D eigenvalue weighted by atomic mass is 35.5. The summed E-state index contributed by atoms with van der Waals surface area (Å²) in [6.45, 7) is 5.94. The van der Waals surface area contributed by atoms with Gasteiger partial charge < -0.3 is 9.97 Å². The van der Waals surface area contributed by atoms with E-state index in [2.05, 4.69) is 24.9 Å². The van der Waals surface area contributed by atoms with Crippen LogP contribution >= 0.6 is 34.7 Å². The number of thiophene rings is 1. The van der Waals surface area contributed by atoms with Crippen molar-refractivity contribution in [1.82, 2.24) is 24.9 Å². The Kier molecular flexibility index (Phi) is 4.05. The summed E-state index contributed by atoms with van der Waals surface area (Å²) in [5, 5.41) is 1.88. The molecule has 1 atom stereocenters. The lowest BCUT2D eigenvalue weighted by Crippen LogP contribution is -2.12. The van der Waals surface area contributed by atoms with Gasteiger partial charge in [-0.2, -0.15) is 0 Å². The molecular formula is C16H14ClN5OS2. The Bertz CT molecular complexity index is 1160. The van der Waals surface area contributed by atoms with E-state index in [9.17, 15) is 4.79 Å². The summed E-state index contributed by atoms with van der Waals surface area (Å²) in [5.41, 5.74) is 2.30. The van der Waals surface area contributed by atoms with Crippen LogP contribution in [-0.4, -0.2) is 24.9 Å². The molecule has 0 aliphatic heterocycles. The van der Waals surface area contributed by atoms with Gasteiger partial charge in [-0.3, -0.25) is 4.79 Å². The number of aromatic nitrogens is 5.